The zero-order chi connectivity index (χ0) is 13.1. The molecule has 0 atom stereocenters. The minimum Gasteiger partial charge on any atom is -0.365 e. The van der Waals surface area contributed by atoms with Gasteiger partial charge in [-0.05, 0) is 24.6 Å². The van der Waals surface area contributed by atoms with Crippen LogP contribution in [0, 0.1) is 6.92 Å². The zero-order valence-corrected chi connectivity index (χ0v) is 10.8. The van der Waals surface area contributed by atoms with Gasteiger partial charge in [-0.3, -0.25) is 0 Å². The maximum absolute atomic E-state index is 4.34. The lowest BCUT2D eigenvalue weighted by Gasteiger charge is -2.08. The molecule has 0 saturated heterocycles. The van der Waals surface area contributed by atoms with Crippen molar-refractivity contribution in [1.82, 2.24) is 9.97 Å². The van der Waals surface area contributed by atoms with Crippen LogP contribution in [0.25, 0.3) is 10.9 Å². The number of anilines is 1. The number of nitrogens with one attached hydrogen (secondary N) is 1. The Morgan fingerprint density at radius 3 is 2.68 bits per heavy atom. The summed E-state index contributed by atoms with van der Waals surface area (Å²) in [5.41, 5.74) is 3.42. The highest BCUT2D eigenvalue weighted by molar-refractivity contribution is 5.89. The number of hydrogen-bond donors (Lipinski definition) is 1. The fraction of sp³-hybridized carbons (Fsp3) is 0.125. The molecule has 0 aliphatic carbocycles. The summed E-state index contributed by atoms with van der Waals surface area (Å²) in [6, 6.07) is 16.5. The van der Waals surface area contributed by atoms with E-state index in [0.29, 0.717) is 0 Å². The van der Waals surface area contributed by atoms with Crippen molar-refractivity contribution >= 4 is 16.7 Å². The predicted octanol–water partition coefficient (Wildman–Crippen LogP) is 3.55. The van der Waals surface area contributed by atoms with Gasteiger partial charge in [0.05, 0.1) is 5.52 Å². The van der Waals surface area contributed by atoms with E-state index >= 15 is 0 Å². The van der Waals surface area contributed by atoms with Gasteiger partial charge >= 0.3 is 0 Å². The molecule has 2 aromatic carbocycles. The van der Waals surface area contributed by atoms with Crippen LogP contribution < -0.4 is 5.32 Å². The first kappa shape index (κ1) is 11.7. The van der Waals surface area contributed by atoms with Gasteiger partial charge in [-0.2, -0.15) is 0 Å². The minimum absolute atomic E-state index is 0.765. The van der Waals surface area contributed by atoms with E-state index in [1.807, 2.05) is 24.3 Å². The smallest absolute Gasteiger partial charge is 0.137 e. The first-order valence-electron chi connectivity index (χ1n) is 6.32. The second-order valence-electron chi connectivity index (χ2n) is 4.58. The molecule has 1 N–H and O–H groups in total. The van der Waals surface area contributed by atoms with Crippen molar-refractivity contribution in [2.75, 3.05) is 5.32 Å². The van der Waals surface area contributed by atoms with Crippen molar-refractivity contribution in [1.29, 1.82) is 0 Å². The van der Waals surface area contributed by atoms with E-state index in [-0.39, 0.29) is 0 Å². The molecular formula is C16H15N3. The molecule has 0 amide bonds. The van der Waals surface area contributed by atoms with Crippen LogP contribution in [0.4, 0.5) is 5.82 Å². The van der Waals surface area contributed by atoms with Gasteiger partial charge in [0.1, 0.15) is 12.1 Å². The van der Waals surface area contributed by atoms with Crippen molar-refractivity contribution in [3.63, 3.8) is 0 Å². The number of rotatable bonds is 3. The maximum Gasteiger partial charge on any atom is 0.137 e. The molecule has 19 heavy (non-hydrogen) atoms. The number of aromatic nitrogens is 2. The molecule has 1 aromatic heterocycles. The summed E-state index contributed by atoms with van der Waals surface area (Å²) in [6.45, 7) is 2.84. The van der Waals surface area contributed by atoms with Crippen LogP contribution in [-0.2, 0) is 6.54 Å². The van der Waals surface area contributed by atoms with Gasteiger partial charge in [0.2, 0.25) is 0 Å². The second kappa shape index (κ2) is 5.06. The van der Waals surface area contributed by atoms with Crippen molar-refractivity contribution in [3.8, 4) is 0 Å². The predicted molar refractivity (Wildman–Crippen MR) is 78.0 cm³/mol. The number of fused-ring (bicyclic) bond motifs is 1. The third-order valence-corrected chi connectivity index (χ3v) is 3.09. The normalized spacial score (nSPS) is 10.6. The molecule has 0 spiro atoms. The van der Waals surface area contributed by atoms with E-state index in [0.717, 1.165) is 23.3 Å². The van der Waals surface area contributed by atoms with E-state index in [9.17, 15) is 0 Å². The molecule has 1 heterocycles. The average molecular weight is 249 g/mol. The monoisotopic (exact) mass is 249 g/mol. The summed E-state index contributed by atoms with van der Waals surface area (Å²) in [5, 5.41) is 4.45. The van der Waals surface area contributed by atoms with Gasteiger partial charge in [0.15, 0.2) is 0 Å². The van der Waals surface area contributed by atoms with Crippen LogP contribution in [0.5, 0.6) is 0 Å². The number of benzene rings is 2. The van der Waals surface area contributed by atoms with E-state index in [4.69, 9.17) is 0 Å². The highest BCUT2D eigenvalue weighted by atomic mass is 15.0. The van der Waals surface area contributed by atoms with Gasteiger partial charge in [-0.15, -0.1) is 0 Å². The van der Waals surface area contributed by atoms with Crippen LogP contribution >= 0.6 is 0 Å². The summed E-state index contributed by atoms with van der Waals surface area (Å²) in [4.78, 5) is 8.63. The summed E-state index contributed by atoms with van der Waals surface area (Å²) in [5.74, 6) is 0.887. The standard InChI is InChI=1S/C16H15N3/c1-12-7-8-15-14(9-12)16(19-11-18-15)17-10-13-5-3-2-4-6-13/h2-9,11H,10H2,1H3,(H,17,18,19). The average Bonchev–Trinajstić information content (AvgIpc) is 2.46. The molecule has 3 aromatic rings. The molecule has 0 fully saturated rings. The Bertz CT molecular complexity index is 693. The van der Waals surface area contributed by atoms with Gasteiger partial charge in [0, 0.05) is 11.9 Å². The Hall–Kier alpha value is -2.42. The van der Waals surface area contributed by atoms with Crippen molar-refractivity contribution in [2.45, 2.75) is 13.5 Å². The van der Waals surface area contributed by atoms with Gasteiger partial charge < -0.3 is 5.32 Å². The SMILES string of the molecule is Cc1ccc2ncnc(NCc3ccccc3)c2c1. The Labute approximate surface area is 112 Å². The first-order valence-corrected chi connectivity index (χ1v) is 6.32. The molecular weight excluding hydrogens is 234 g/mol. The third-order valence-electron chi connectivity index (χ3n) is 3.09. The summed E-state index contributed by atoms with van der Waals surface area (Å²) in [7, 11) is 0. The fourth-order valence-electron chi connectivity index (χ4n) is 2.09. The van der Waals surface area contributed by atoms with E-state index < -0.39 is 0 Å². The molecule has 0 aliphatic heterocycles. The molecule has 3 rings (SSSR count). The van der Waals surface area contributed by atoms with Crippen molar-refractivity contribution in [3.05, 3.63) is 66.0 Å². The lowest BCUT2D eigenvalue weighted by Crippen LogP contribution is -2.02. The van der Waals surface area contributed by atoms with Gasteiger partial charge in [0.25, 0.3) is 0 Å². The Balaban J connectivity index is 1.90. The molecule has 0 saturated carbocycles. The lowest BCUT2D eigenvalue weighted by atomic mass is 10.1. The van der Waals surface area contributed by atoms with Crippen LogP contribution in [0.1, 0.15) is 11.1 Å². The molecule has 3 heteroatoms. The molecule has 0 unspecified atom stereocenters. The highest BCUT2D eigenvalue weighted by Gasteiger charge is 2.03. The minimum atomic E-state index is 0.765. The molecule has 3 nitrogen and oxygen atoms in total. The highest BCUT2D eigenvalue weighted by Crippen LogP contribution is 2.20. The Morgan fingerprint density at radius 2 is 1.84 bits per heavy atom. The molecule has 0 radical (unpaired) electrons. The molecule has 0 aliphatic rings. The van der Waals surface area contributed by atoms with Crippen LogP contribution in [0.2, 0.25) is 0 Å². The van der Waals surface area contributed by atoms with Crippen molar-refractivity contribution < 1.29 is 0 Å². The maximum atomic E-state index is 4.34. The summed E-state index contributed by atoms with van der Waals surface area (Å²) < 4.78 is 0. The third kappa shape index (κ3) is 2.55. The van der Waals surface area contributed by atoms with Gasteiger partial charge in [-0.25, -0.2) is 9.97 Å². The Morgan fingerprint density at radius 1 is 1.00 bits per heavy atom. The fourth-order valence-corrected chi connectivity index (χ4v) is 2.09. The van der Waals surface area contributed by atoms with E-state index in [1.165, 1.54) is 11.1 Å². The first-order chi connectivity index (χ1) is 9.33. The van der Waals surface area contributed by atoms with E-state index in [1.54, 1.807) is 6.33 Å². The molecule has 0 bridgehead atoms. The Kier molecular flexibility index (Phi) is 3.11. The summed E-state index contributed by atoms with van der Waals surface area (Å²) in [6.07, 6.45) is 1.60. The number of hydrogen-bond acceptors (Lipinski definition) is 3. The van der Waals surface area contributed by atoms with Crippen LogP contribution in [0.15, 0.2) is 54.9 Å². The lowest BCUT2D eigenvalue weighted by molar-refractivity contribution is 1.10. The van der Waals surface area contributed by atoms with Crippen molar-refractivity contribution in [2.24, 2.45) is 0 Å². The topological polar surface area (TPSA) is 37.8 Å². The van der Waals surface area contributed by atoms with Crippen LogP contribution in [0.3, 0.4) is 0 Å². The van der Waals surface area contributed by atoms with E-state index in [2.05, 4.69) is 46.5 Å². The number of aryl methyl sites for hydroxylation is 1. The number of nitrogens with zero attached hydrogens (tertiary/aromatic N) is 2. The van der Waals surface area contributed by atoms with Gasteiger partial charge in [-0.1, -0.05) is 42.0 Å². The quantitative estimate of drug-likeness (QED) is 0.771. The zero-order valence-electron chi connectivity index (χ0n) is 10.8. The van der Waals surface area contributed by atoms with Crippen LogP contribution in [-0.4, -0.2) is 9.97 Å². The summed E-state index contributed by atoms with van der Waals surface area (Å²) >= 11 is 0. The molecule has 94 valence electrons. The second-order valence-corrected chi connectivity index (χ2v) is 4.58. The largest absolute Gasteiger partial charge is 0.365 e.